The highest BCUT2D eigenvalue weighted by Crippen LogP contribution is 2.29. The molecular weight excluding hydrogens is 216 g/mol. The molecule has 1 saturated heterocycles. The fourth-order valence-corrected chi connectivity index (χ4v) is 1.88. The van der Waals surface area contributed by atoms with E-state index in [1.54, 1.807) is 4.90 Å². The highest BCUT2D eigenvalue weighted by Gasteiger charge is 2.34. The summed E-state index contributed by atoms with van der Waals surface area (Å²) in [5.41, 5.74) is -0.170. The molecule has 17 heavy (non-hydrogen) atoms. The van der Waals surface area contributed by atoms with Crippen molar-refractivity contribution in [2.45, 2.75) is 25.4 Å². The molecule has 4 heteroatoms. The van der Waals surface area contributed by atoms with Crippen LogP contribution in [0, 0.1) is 18.3 Å². The molecule has 4 nitrogen and oxygen atoms in total. The molecule has 0 unspecified atom stereocenters. The van der Waals surface area contributed by atoms with Crippen LogP contribution in [-0.2, 0) is 9.53 Å². The summed E-state index contributed by atoms with van der Waals surface area (Å²) in [4.78, 5) is 13.7. The second-order valence-corrected chi connectivity index (χ2v) is 5.26. The van der Waals surface area contributed by atoms with E-state index in [0.29, 0.717) is 12.5 Å². The predicted octanol–water partition coefficient (Wildman–Crippen LogP) is 0.237. The van der Waals surface area contributed by atoms with Gasteiger partial charge in [-0.15, -0.1) is 6.42 Å². The number of hydrogen-bond acceptors (Lipinski definition) is 3. The Balaban J connectivity index is 1.76. The van der Waals surface area contributed by atoms with Crippen LogP contribution in [0.1, 0.15) is 19.8 Å². The molecule has 1 amide bonds. The monoisotopic (exact) mass is 236 g/mol. The third-order valence-electron chi connectivity index (χ3n) is 3.35. The van der Waals surface area contributed by atoms with Gasteiger partial charge in [0, 0.05) is 19.6 Å². The van der Waals surface area contributed by atoms with Crippen molar-refractivity contribution >= 4 is 5.91 Å². The quantitative estimate of drug-likeness (QED) is 0.672. The summed E-state index contributed by atoms with van der Waals surface area (Å²) in [5.74, 6) is 3.22. The third-order valence-corrected chi connectivity index (χ3v) is 3.35. The van der Waals surface area contributed by atoms with Gasteiger partial charge in [-0.2, -0.15) is 0 Å². The van der Waals surface area contributed by atoms with E-state index in [2.05, 4.69) is 11.2 Å². The molecule has 0 bridgehead atoms. The van der Waals surface area contributed by atoms with E-state index in [1.165, 1.54) is 12.8 Å². The molecule has 1 heterocycles. The zero-order valence-electron chi connectivity index (χ0n) is 10.4. The van der Waals surface area contributed by atoms with Crippen LogP contribution in [0.2, 0.25) is 0 Å². The summed E-state index contributed by atoms with van der Waals surface area (Å²) in [6, 6.07) is 0. The molecule has 2 aliphatic rings. The maximum Gasteiger partial charge on any atom is 0.249 e. The number of ether oxygens (including phenoxy) is 1. The summed E-state index contributed by atoms with van der Waals surface area (Å²) in [7, 11) is 0. The van der Waals surface area contributed by atoms with Gasteiger partial charge in [0.15, 0.2) is 0 Å². The molecular formula is C13H20N2O2. The number of carbonyl (C=O) groups excluding carboxylic acids is 1. The van der Waals surface area contributed by atoms with Crippen LogP contribution in [0.3, 0.4) is 0 Å². The minimum Gasteiger partial charge on any atom is -0.363 e. The Morgan fingerprint density at radius 2 is 2.29 bits per heavy atom. The normalized spacial score (nSPS) is 21.4. The van der Waals surface area contributed by atoms with Crippen molar-refractivity contribution in [2.75, 3.05) is 32.8 Å². The summed E-state index contributed by atoms with van der Waals surface area (Å²) in [5, 5.41) is 3.14. The van der Waals surface area contributed by atoms with E-state index >= 15 is 0 Å². The molecule has 94 valence electrons. The van der Waals surface area contributed by atoms with Crippen LogP contribution < -0.4 is 5.32 Å². The van der Waals surface area contributed by atoms with Crippen LogP contribution in [0.5, 0.6) is 0 Å². The first-order chi connectivity index (χ1) is 8.13. The smallest absolute Gasteiger partial charge is 0.249 e. The Hall–Kier alpha value is -1.05. The lowest BCUT2D eigenvalue weighted by Gasteiger charge is -2.39. The van der Waals surface area contributed by atoms with Crippen molar-refractivity contribution < 1.29 is 9.53 Å². The van der Waals surface area contributed by atoms with E-state index in [0.717, 1.165) is 19.6 Å². The molecule has 0 radical (unpaired) electrons. The maximum absolute atomic E-state index is 12.0. The standard InChI is InChI=1S/C13H20N2O2/c1-3-6-15(7-11-4-5-11)12(16)8-17-13(2)9-14-10-13/h1,11,14H,4-10H2,2H3. The van der Waals surface area contributed by atoms with Crippen LogP contribution in [-0.4, -0.2) is 49.2 Å². The zero-order chi connectivity index (χ0) is 12.3. The lowest BCUT2D eigenvalue weighted by molar-refractivity contribution is -0.145. The average molecular weight is 236 g/mol. The van der Waals surface area contributed by atoms with Gasteiger partial charge in [-0.05, 0) is 25.7 Å². The molecule has 1 saturated carbocycles. The van der Waals surface area contributed by atoms with Gasteiger partial charge in [0.1, 0.15) is 6.61 Å². The van der Waals surface area contributed by atoms with Crippen molar-refractivity contribution in [2.24, 2.45) is 5.92 Å². The number of rotatable bonds is 6. The summed E-state index contributed by atoms with van der Waals surface area (Å²) < 4.78 is 5.63. The predicted molar refractivity (Wildman–Crippen MR) is 65.4 cm³/mol. The van der Waals surface area contributed by atoms with Crippen LogP contribution >= 0.6 is 0 Å². The van der Waals surface area contributed by atoms with E-state index in [1.807, 2.05) is 6.92 Å². The first-order valence-corrected chi connectivity index (χ1v) is 6.19. The number of terminal acetylenes is 1. The Bertz CT molecular complexity index is 327. The summed E-state index contributed by atoms with van der Waals surface area (Å²) >= 11 is 0. The minimum absolute atomic E-state index is 0.0166. The molecule has 0 atom stereocenters. The number of carbonyl (C=O) groups is 1. The van der Waals surface area contributed by atoms with Gasteiger partial charge in [-0.1, -0.05) is 5.92 Å². The molecule has 1 N–H and O–H groups in total. The minimum atomic E-state index is -0.170. The van der Waals surface area contributed by atoms with Gasteiger partial charge in [-0.25, -0.2) is 0 Å². The Morgan fingerprint density at radius 3 is 2.76 bits per heavy atom. The van der Waals surface area contributed by atoms with Crippen LogP contribution in [0.25, 0.3) is 0 Å². The van der Waals surface area contributed by atoms with E-state index in [-0.39, 0.29) is 18.1 Å². The molecule has 1 aliphatic carbocycles. The van der Waals surface area contributed by atoms with Crippen molar-refractivity contribution in [3.63, 3.8) is 0 Å². The second-order valence-electron chi connectivity index (χ2n) is 5.26. The lowest BCUT2D eigenvalue weighted by Crippen LogP contribution is -2.59. The van der Waals surface area contributed by atoms with Gasteiger partial charge in [0.2, 0.25) is 5.91 Å². The number of amides is 1. The molecule has 0 aromatic rings. The van der Waals surface area contributed by atoms with E-state index in [9.17, 15) is 4.79 Å². The van der Waals surface area contributed by atoms with Gasteiger partial charge in [-0.3, -0.25) is 4.79 Å². The molecule has 1 aliphatic heterocycles. The zero-order valence-corrected chi connectivity index (χ0v) is 10.4. The number of nitrogens with zero attached hydrogens (tertiary/aromatic N) is 1. The molecule has 0 aromatic carbocycles. The maximum atomic E-state index is 12.0. The van der Waals surface area contributed by atoms with Crippen molar-refractivity contribution in [1.82, 2.24) is 10.2 Å². The molecule has 0 aromatic heterocycles. The summed E-state index contributed by atoms with van der Waals surface area (Å²) in [6.45, 7) is 4.99. The van der Waals surface area contributed by atoms with Crippen LogP contribution in [0.4, 0.5) is 0 Å². The van der Waals surface area contributed by atoms with E-state index in [4.69, 9.17) is 11.2 Å². The molecule has 2 fully saturated rings. The topological polar surface area (TPSA) is 41.6 Å². The average Bonchev–Trinajstić information content (AvgIpc) is 3.06. The SMILES string of the molecule is C#CCN(CC1CC1)C(=O)COC1(C)CNC1. The number of nitrogens with one attached hydrogen (secondary N) is 1. The van der Waals surface area contributed by atoms with Crippen molar-refractivity contribution in [1.29, 1.82) is 0 Å². The Morgan fingerprint density at radius 1 is 1.59 bits per heavy atom. The Kier molecular flexibility index (Phi) is 3.70. The van der Waals surface area contributed by atoms with Gasteiger partial charge < -0.3 is 15.0 Å². The van der Waals surface area contributed by atoms with E-state index < -0.39 is 0 Å². The number of hydrogen-bond donors (Lipinski definition) is 1. The third kappa shape index (κ3) is 3.45. The first-order valence-electron chi connectivity index (χ1n) is 6.19. The first kappa shape index (κ1) is 12.4. The van der Waals surface area contributed by atoms with Gasteiger partial charge in [0.05, 0.1) is 12.1 Å². The van der Waals surface area contributed by atoms with Gasteiger partial charge >= 0.3 is 0 Å². The highest BCUT2D eigenvalue weighted by molar-refractivity contribution is 5.77. The van der Waals surface area contributed by atoms with Crippen molar-refractivity contribution in [3.05, 3.63) is 0 Å². The molecule has 0 spiro atoms. The lowest BCUT2D eigenvalue weighted by atomic mass is 10.0. The van der Waals surface area contributed by atoms with Crippen molar-refractivity contribution in [3.8, 4) is 12.3 Å². The fourth-order valence-electron chi connectivity index (χ4n) is 1.88. The fraction of sp³-hybridized carbons (Fsp3) is 0.769. The summed E-state index contributed by atoms with van der Waals surface area (Å²) in [6.07, 6.45) is 7.73. The van der Waals surface area contributed by atoms with Crippen LogP contribution in [0.15, 0.2) is 0 Å². The Labute approximate surface area is 103 Å². The molecule has 2 rings (SSSR count). The largest absolute Gasteiger partial charge is 0.363 e. The van der Waals surface area contributed by atoms with Gasteiger partial charge in [0.25, 0.3) is 0 Å². The highest BCUT2D eigenvalue weighted by atomic mass is 16.5. The second kappa shape index (κ2) is 5.07.